The van der Waals surface area contributed by atoms with Crippen molar-refractivity contribution in [3.05, 3.63) is 160 Å². The van der Waals surface area contributed by atoms with Crippen LogP contribution in [0.3, 0.4) is 0 Å². The number of halogens is 2. The first kappa shape index (κ1) is 26.2. The highest BCUT2D eigenvalue weighted by molar-refractivity contribution is 9.10. The number of fused-ring (bicyclic) bond motifs is 3. The Morgan fingerprint density at radius 2 is 1.78 bits per heavy atom. The van der Waals surface area contributed by atoms with Crippen LogP contribution in [0.15, 0.2) is 117 Å². The fraction of sp³-hybridized carbons (Fsp3) is 0.118. The van der Waals surface area contributed by atoms with Crippen molar-refractivity contribution in [3.63, 3.8) is 0 Å². The zero-order valence-corrected chi connectivity index (χ0v) is 25.0. The molecule has 0 unspecified atom stereocenters. The van der Waals surface area contributed by atoms with Crippen LogP contribution in [-0.2, 0) is 13.0 Å². The van der Waals surface area contributed by atoms with Gasteiger partial charge in [0.15, 0.2) is 4.80 Å². The lowest BCUT2D eigenvalue weighted by atomic mass is 9.83. The molecule has 0 N–H and O–H groups in total. The van der Waals surface area contributed by atoms with Gasteiger partial charge in [0.1, 0.15) is 12.4 Å². The van der Waals surface area contributed by atoms with E-state index in [2.05, 4.69) is 40.2 Å². The minimum Gasteiger partial charge on any atom is -0.489 e. The third-order valence-corrected chi connectivity index (χ3v) is 9.30. The van der Waals surface area contributed by atoms with Crippen molar-refractivity contribution in [2.24, 2.45) is 4.99 Å². The van der Waals surface area contributed by atoms with Crippen LogP contribution in [0.2, 0.25) is 5.02 Å². The summed E-state index contributed by atoms with van der Waals surface area (Å²) in [6, 6.07) is 32.0. The van der Waals surface area contributed by atoms with Crippen LogP contribution >= 0.6 is 38.9 Å². The zero-order valence-electron chi connectivity index (χ0n) is 21.9. The van der Waals surface area contributed by atoms with Crippen molar-refractivity contribution in [1.29, 1.82) is 0 Å². The van der Waals surface area contributed by atoms with Crippen molar-refractivity contribution in [1.82, 2.24) is 4.57 Å². The largest absolute Gasteiger partial charge is 0.489 e. The van der Waals surface area contributed by atoms with E-state index < -0.39 is 0 Å². The third-order valence-electron chi connectivity index (χ3n) is 7.53. The molecule has 1 aromatic heterocycles. The maximum Gasteiger partial charge on any atom is 0.271 e. The second kappa shape index (κ2) is 10.9. The first-order chi connectivity index (χ1) is 20.0. The van der Waals surface area contributed by atoms with Crippen LogP contribution in [0.5, 0.6) is 5.75 Å². The van der Waals surface area contributed by atoms with Crippen LogP contribution in [0.25, 0.3) is 11.8 Å². The summed E-state index contributed by atoms with van der Waals surface area (Å²) in [5.41, 5.74) is 7.59. The van der Waals surface area contributed by atoms with Gasteiger partial charge >= 0.3 is 0 Å². The van der Waals surface area contributed by atoms with Gasteiger partial charge in [-0.15, -0.1) is 0 Å². The zero-order chi connectivity index (χ0) is 27.9. The summed E-state index contributed by atoms with van der Waals surface area (Å²) in [7, 11) is 0. The van der Waals surface area contributed by atoms with Crippen molar-refractivity contribution in [3.8, 4) is 5.75 Å². The molecule has 1 atom stereocenters. The van der Waals surface area contributed by atoms with Gasteiger partial charge in [-0.2, -0.15) is 0 Å². The van der Waals surface area contributed by atoms with E-state index in [0.717, 1.165) is 51.0 Å². The van der Waals surface area contributed by atoms with Crippen LogP contribution in [0.1, 0.15) is 40.3 Å². The summed E-state index contributed by atoms with van der Waals surface area (Å²) in [5.74, 6) is 0.751. The van der Waals surface area contributed by atoms with E-state index in [1.165, 1.54) is 22.5 Å². The number of hydrogen-bond donors (Lipinski definition) is 0. The summed E-state index contributed by atoms with van der Waals surface area (Å²) in [6.45, 7) is 0.465. The molecular weight excluding hydrogens is 616 g/mol. The molecule has 0 fully saturated rings. The van der Waals surface area contributed by atoms with Crippen LogP contribution in [-0.4, -0.2) is 4.57 Å². The maximum absolute atomic E-state index is 14.0. The second-order valence-corrected chi connectivity index (χ2v) is 12.5. The molecule has 41 heavy (non-hydrogen) atoms. The maximum atomic E-state index is 14.0. The number of ether oxygens (including phenoxy) is 1. The van der Waals surface area contributed by atoms with E-state index in [-0.39, 0.29) is 11.6 Å². The number of benzene rings is 4. The molecule has 2 heterocycles. The van der Waals surface area contributed by atoms with E-state index in [9.17, 15) is 4.79 Å². The molecule has 4 aromatic carbocycles. The van der Waals surface area contributed by atoms with Gasteiger partial charge in [0.2, 0.25) is 0 Å². The molecule has 0 saturated heterocycles. The summed E-state index contributed by atoms with van der Waals surface area (Å²) >= 11 is 11.1. The molecule has 7 rings (SSSR count). The second-order valence-electron chi connectivity index (χ2n) is 10.2. The average Bonchev–Trinajstić information content (AvgIpc) is 3.30. The molecule has 5 aromatic rings. The Hall–Kier alpha value is -3.71. The van der Waals surface area contributed by atoms with E-state index in [0.29, 0.717) is 21.0 Å². The molecule has 2 aliphatic rings. The molecule has 202 valence electrons. The molecule has 4 nitrogen and oxygen atoms in total. The van der Waals surface area contributed by atoms with Gasteiger partial charge in [-0.3, -0.25) is 9.36 Å². The fourth-order valence-corrected chi connectivity index (χ4v) is 6.95. The monoisotopic (exact) mass is 638 g/mol. The van der Waals surface area contributed by atoms with Crippen molar-refractivity contribution in [2.45, 2.75) is 25.5 Å². The summed E-state index contributed by atoms with van der Waals surface area (Å²) < 4.78 is 9.59. The Morgan fingerprint density at radius 3 is 2.61 bits per heavy atom. The number of allylic oxidation sites excluding steroid dienone is 1. The number of rotatable bonds is 5. The summed E-state index contributed by atoms with van der Waals surface area (Å²) in [4.78, 5) is 19.8. The lowest BCUT2D eigenvalue weighted by molar-refractivity contribution is 0.306. The summed E-state index contributed by atoms with van der Waals surface area (Å²) in [6.07, 6.45) is 3.71. The first-order valence-corrected chi connectivity index (χ1v) is 15.4. The number of hydrogen-bond acceptors (Lipinski definition) is 4. The molecule has 7 heteroatoms. The minimum atomic E-state index is -0.227. The fourth-order valence-electron chi connectivity index (χ4n) is 5.56. The van der Waals surface area contributed by atoms with Gasteiger partial charge in [-0.05, 0) is 83.1 Å². The van der Waals surface area contributed by atoms with Gasteiger partial charge in [0.05, 0.1) is 16.3 Å². The highest BCUT2D eigenvalue weighted by atomic mass is 79.9. The number of thiazole rings is 1. The van der Waals surface area contributed by atoms with E-state index in [1.54, 1.807) is 0 Å². The molecule has 1 aliphatic carbocycles. The van der Waals surface area contributed by atoms with Crippen LogP contribution in [0.4, 0.5) is 0 Å². The smallest absolute Gasteiger partial charge is 0.271 e. The lowest BCUT2D eigenvalue weighted by Crippen LogP contribution is -2.38. The van der Waals surface area contributed by atoms with E-state index in [1.807, 2.05) is 83.4 Å². The molecule has 0 spiro atoms. The Morgan fingerprint density at radius 1 is 0.976 bits per heavy atom. The molecule has 0 amide bonds. The predicted octanol–water partition coefficient (Wildman–Crippen LogP) is 7.31. The topological polar surface area (TPSA) is 43.6 Å². The lowest BCUT2D eigenvalue weighted by Gasteiger charge is -2.30. The molecule has 0 saturated carbocycles. The quantitative estimate of drug-likeness (QED) is 0.202. The van der Waals surface area contributed by atoms with Gasteiger partial charge in [0.25, 0.3) is 5.56 Å². The first-order valence-electron chi connectivity index (χ1n) is 13.4. The Kier molecular flexibility index (Phi) is 6.99. The normalized spacial score (nSPS) is 16.0. The Labute approximate surface area is 254 Å². The molecule has 1 aliphatic heterocycles. The van der Waals surface area contributed by atoms with Crippen molar-refractivity contribution >= 4 is 50.6 Å². The number of aryl methyl sites for hydroxylation is 1. The van der Waals surface area contributed by atoms with E-state index >= 15 is 0 Å². The molecular formula is C34H24BrClN2O2S. The van der Waals surface area contributed by atoms with Gasteiger partial charge < -0.3 is 4.74 Å². The van der Waals surface area contributed by atoms with Crippen LogP contribution in [0, 0.1) is 0 Å². The Balaban J connectivity index is 1.30. The minimum absolute atomic E-state index is 0.0414. The Bertz CT molecular complexity index is 1990. The van der Waals surface area contributed by atoms with Crippen molar-refractivity contribution < 1.29 is 4.74 Å². The predicted molar refractivity (Wildman–Crippen MR) is 169 cm³/mol. The highest BCUT2D eigenvalue weighted by Crippen LogP contribution is 2.41. The molecule has 0 bridgehead atoms. The van der Waals surface area contributed by atoms with Gasteiger partial charge in [0, 0.05) is 15.1 Å². The molecule has 0 radical (unpaired) electrons. The highest BCUT2D eigenvalue weighted by Gasteiger charge is 2.32. The summed E-state index contributed by atoms with van der Waals surface area (Å²) in [5, 5.41) is 0.673. The van der Waals surface area contributed by atoms with Crippen molar-refractivity contribution in [2.75, 3.05) is 0 Å². The van der Waals surface area contributed by atoms with Gasteiger partial charge in [-0.1, -0.05) is 99.5 Å². The van der Waals surface area contributed by atoms with Gasteiger partial charge in [-0.25, -0.2) is 4.99 Å². The number of aromatic nitrogens is 1. The average molecular weight is 640 g/mol. The van der Waals surface area contributed by atoms with E-state index in [4.69, 9.17) is 21.3 Å². The number of nitrogens with zero attached hydrogens (tertiary/aromatic N) is 2. The third kappa shape index (κ3) is 5.12. The van der Waals surface area contributed by atoms with Crippen LogP contribution < -0.4 is 19.6 Å². The standard InChI is InChI=1S/C34H24BrClN2O2S/c35-25-13-8-21(9-14-25)20-40-27-6-3-4-22(18-27)19-30-33(39)38-32(24-10-15-26(36)16-11-24)29-17-12-23-5-1-2-7-28(23)31(29)37-34(38)41-30/h1-11,13-16,18-19,32H,12,17,20H2/b30-19+/t32-/m0/s1. The SMILES string of the molecule is O=c1/c(=C\c2cccc(OCc3ccc(Br)cc3)c2)sc2n1[C@@H](c1ccc(Cl)cc1)C1=C(N=2)c2ccccc2CC1.